The van der Waals surface area contributed by atoms with Crippen LogP contribution in [0.25, 0.3) is 10.9 Å². The number of nitrogens with one attached hydrogen (secondary N) is 1. The molecule has 0 spiro atoms. The zero-order valence-electron chi connectivity index (χ0n) is 25.5. The van der Waals surface area contributed by atoms with Crippen molar-refractivity contribution in [2.75, 3.05) is 34.4 Å². The van der Waals surface area contributed by atoms with E-state index >= 15 is 0 Å². The molecule has 1 N–H and O–H groups in total. The summed E-state index contributed by atoms with van der Waals surface area (Å²) in [6, 6.07) is 18.7. The molecule has 0 atom stereocenters. The number of rotatable bonds is 11. The van der Waals surface area contributed by atoms with E-state index in [1.165, 1.54) is 10.6 Å². The Labute approximate surface area is 250 Å². The van der Waals surface area contributed by atoms with Gasteiger partial charge in [0, 0.05) is 31.1 Å². The second-order valence-corrected chi connectivity index (χ2v) is 11.7. The minimum atomic E-state index is -0.505. The second-order valence-electron chi connectivity index (χ2n) is 11.7. The molecule has 1 amide bonds. The molecule has 0 radical (unpaired) electrons. The quantitative estimate of drug-likeness (QED) is 0.268. The van der Waals surface area contributed by atoms with Crippen molar-refractivity contribution in [2.24, 2.45) is 12.5 Å². The fourth-order valence-electron chi connectivity index (χ4n) is 5.00. The third-order valence-electron chi connectivity index (χ3n) is 7.09. The van der Waals surface area contributed by atoms with Crippen molar-refractivity contribution < 1.29 is 19.1 Å². The Morgan fingerprint density at radius 1 is 0.907 bits per heavy atom. The highest BCUT2D eigenvalue weighted by Crippen LogP contribution is 2.18. The number of hydrogen-bond acceptors (Lipinski definition) is 7. The SMILES string of the molecule is COc1ccc(CNC(=O)c2ccc3c(c2)c(=O)n(Cc2ccc(C(=O)OCC(C)(C)CN(C)C)cc2)c(=O)n3C)cc1. The molecule has 0 saturated heterocycles. The number of aromatic nitrogens is 2. The first-order valence-corrected chi connectivity index (χ1v) is 13.9. The normalized spacial score (nSPS) is 11.5. The van der Waals surface area contributed by atoms with Crippen LogP contribution in [0.1, 0.15) is 45.7 Å². The summed E-state index contributed by atoms with van der Waals surface area (Å²) in [5, 5.41) is 3.11. The minimum absolute atomic E-state index is 0.000530. The summed E-state index contributed by atoms with van der Waals surface area (Å²) in [6.45, 7) is 5.41. The van der Waals surface area contributed by atoms with Crippen molar-refractivity contribution in [1.82, 2.24) is 19.4 Å². The van der Waals surface area contributed by atoms with Crippen LogP contribution in [-0.2, 0) is 24.9 Å². The molecule has 10 heteroatoms. The predicted octanol–water partition coefficient (Wildman–Crippen LogP) is 3.43. The van der Waals surface area contributed by atoms with Crippen LogP contribution in [0.5, 0.6) is 5.75 Å². The summed E-state index contributed by atoms with van der Waals surface area (Å²) in [6.07, 6.45) is 0. The molecule has 1 heterocycles. The lowest BCUT2D eigenvalue weighted by atomic mass is 9.94. The fraction of sp³-hybridized carbons (Fsp3) is 0.333. The number of methoxy groups -OCH3 is 1. The van der Waals surface area contributed by atoms with Crippen LogP contribution in [0.4, 0.5) is 0 Å². The zero-order valence-corrected chi connectivity index (χ0v) is 25.5. The molecule has 0 unspecified atom stereocenters. The van der Waals surface area contributed by atoms with Crippen molar-refractivity contribution in [3.05, 3.63) is 110 Å². The molecular weight excluding hydrogens is 548 g/mol. The highest BCUT2D eigenvalue weighted by Gasteiger charge is 2.22. The summed E-state index contributed by atoms with van der Waals surface area (Å²) >= 11 is 0. The van der Waals surface area contributed by atoms with Gasteiger partial charge in [0.15, 0.2) is 0 Å². The summed E-state index contributed by atoms with van der Waals surface area (Å²) < 4.78 is 13.2. The lowest BCUT2D eigenvalue weighted by Crippen LogP contribution is -2.39. The summed E-state index contributed by atoms with van der Waals surface area (Å²) in [7, 11) is 7.11. The smallest absolute Gasteiger partial charge is 0.338 e. The molecular formula is C33H38N4O6. The Bertz CT molecular complexity index is 1740. The van der Waals surface area contributed by atoms with Gasteiger partial charge < -0.3 is 19.7 Å². The van der Waals surface area contributed by atoms with Gasteiger partial charge in [-0.2, -0.15) is 0 Å². The molecule has 3 aromatic carbocycles. The number of carbonyl (C=O) groups is 2. The first-order valence-electron chi connectivity index (χ1n) is 13.9. The van der Waals surface area contributed by atoms with Gasteiger partial charge in [0.25, 0.3) is 11.5 Å². The standard InChI is InChI=1S/C33H38N4O6/c1-33(2,20-35(3)4)21-43-31(40)24-11-7-23(8-12-24)19-37-30(39)27-17-25(13-16-28(27)36(5)32(37)41)29(38)34-18-22-9-14-26(42-6)15-10-22/h7-17H,18-21H2,1-6H3,(H,34,38). The summed E-state index contributed by atoms with van der Waals surface area (Å²) in [5.41, 5.74) is 1.48. The van der Waals surface area contributed by atoms with Crippen molar-refractivity contribution in [1.29, 1.82) is 0 Å². The molecule has 0 aliphatic carbocycles. The molecule has 4 rings (SSSR count). The molecule has 0 aliphatic heterocycles. The van der Waals surface area contributed by atoms with Gasteiger partial charge in [-0.05, 0) is 67.7 Å². The fourth-order valence-corrected chi connectivity index (χ4v) is 5.00. The van der Waals surface area contributed by atoms with Crippen molar-refractivity contribution in [2.45, 2.75) is 26.9 Å². The molecule has 0 fully saturated rings. The topological polar surface area (TPSA) is 112 Å². The maximum Gasteiger partial charge on any atom is 0.338 e. The van der Waals surface area contributed by atoms with E-state index in [1.54, 1.807) is 50.6 Å². The molecule has 10 nitrogen and oxygen atoms in total. The molecule has 4 aromatic rings. The Morgan fingerprint density at radius 2 is 1.53 bits per heavy atom. The zero-order chi connectivity index (χ0) is 31.3. The van der Waals surface area contributed by atoms with Gasteiger partial charge in [0.05, 0.1) is 36.7 Å². The molecule has 0 saturated carbocycles. The summed E-state index contributed by atoms with van der Waals surface area (Å²) in [4.78, 5) is 54.2. The molecule has 0 aliphatic rings. The average Bonchev–Trinajstić information content (AvgIpc) is 2.99. The highest BCUT2D eigenvalue weighted by molar-refractivity contribution is 5.97. The maximum absolute atomic E-state index is 13.5. The number of amides is 1. The van der Waals surface area contributed by atoms with Crippen LogP contribution in [0.3, 0.4) is 0 Å². The Hall–Kier alpha value is -4.70. The van der Waals surface area contributed by atoms with Gasteiger partial charge in [-0.3, -0.25) is 18.7 Å². The van der Waals surface area contributed by atoms with E-state index in [0.717, 1.165) is 22.4 Å². The van der Waals surface area contributed by atoms with Gasteiger partial charge in [0.2, 0.25) is 0 Å². The first-order chi connectivity index (χ1) is 20.4. The van der Waals surface area contributed by atoms with E-state index < -0.39 is 17.2 Å². The highest BCUT2D eigenvalue weighted by atomic mass is 16.5. The number of carbonyl (C=O) groups excluding carboxylic acids is 2. The maximum atomic E-state index is 13.5. The number of ether oxygens (including phenoxy) is 2. The predicted molar refractivity (Wildman–Crippen MR) is 166 cm³/mol. The number of esters is 1. The third kappa shape index (κ3) is 7.58. The number of fused-ring (bicyclic) bond motifs is 1. The lowest BCUT2D eigenvalue weighted by Gasteiger charge is -2.27. The van der Waals surface area contributed by atoms with E-state index in [4.69, 9.17) is 9.47 Å². The number of nitrogens with zero attached hydrogens (tertiary/aromatic N) is 3. The monoisotopic (exact) mass is 586 g/mol. The number of benzene rings is 3. The molecule has 0 bridgehead atoms. The Kier molecular flexibility index (Phi) is 9.50. The van der Waals surface area contributed by atoms with Gasteiger partial charge in [0.1, 0.15) is 5.75 Å². The summed E-state index contributed by atoms with van der Waals surface area (Å²) in [5.74, 6) is -0.0553. The number of hydrogen-bond donors (Lipinski definition) is 1. The van der Waals surface area contributed by atoms with Crippen LogP contribution in [-0.4, -0.2) is 60.3 Å². The van der Waals surface area contributed by atoms with Gasteiger partial charge in [-0.1, -0.05) is 38.1 Å². The van der Waals surface area contributed by atoms with Gasteiger partial charge in [-0.25, -0.2) is 9.59 Å². The van der Waals surface area contributed by atoms with E-state index in [2.05, 4.69) is 5.32 Å². The van der Waals surface area contributed by atoms with E-state index in [1.807, 2.05) is 57.1 Å². The molecule has 43 heavy (non-hydrogen) atoms. The van der Waals surface area contributed by atoms with Crippen molar-refractivity contribution in [3.63, 3.8) is 0 Å². The second kappa shape index (κ2) is 13.1. The molecule has 1 aromatic heterocycles. The minimum Gasteiger partial charge on any atom is -0.497 e. The van der Waals surface area contributed by atoms with Crippen LogP contribution in [0.2, 0.25) is 0 Å². The van der Waals surface area contributed by atoms with Crippen LogP contribution in [0, 0.1) is 5.41 Å². The van der Waals surface area contributed by atoms with E-state index in [0.29, 0.717) is 28.8 Å². The lowest BCUT2D eigenvalue weighted by molar-refractivity contribution is 0.0298. The largest absolute Gasteiger partial charge is 0.497 e. The van der Waals surface area contributed by atoms with Crippen LogP contribution in [0.15, 0.2) is 76.3 Å². The van der Waals surface area contributed by atoms with Gasteiger partial charge >= 0.3 is 11.7 Å². The van der Waals surface area contributed by atoms with Crippen molar-refractivity contribution >= 4 is 22.8 Å². The third-order valence-corrected chi connectivity index (χ3v) is 7.09. The van der Waals surface area contributed by atoms with Crippen molar-refractivity contribution in [3.8, 4) is 5.75 Å². The average molecular weight is 587 g/mol. The van der Waals surface area contributed by atoms with E-state index in [-0.39, 0.29) is 29.9 Å². The number of aryl methyl sites for hydroxylation is 1. The van der Waals surface area contributed by atoms with Crippen LogP contribution < -0.4 is 21.3 Å². The van der Waals surface area contributed by atoms with Crippen LogP contribution >= 0.6 is 0 Å². The molecule has 226 valence electrons. The van der Waals surface area contributed by atoms with Gasteiger partial charge in [-0.15, -0.1) is 0 Å². The van der Waals surface area contributed by atoms with E-state index in [9.17, 15) is 19.2 Å². The Morgan fingerprint density at radius 3 is 2.16 bits per heavy atom. The first kappa shape index (κ1) is 31.2. The Balaban J connectivity index is 1.51.